The lowest BCUT2D eigenvalue weighted by molar-refractivity contribution is 0.445. The molecule has 0 unspecified atom stereocenters. The molecule has 0 aromatic heterocycles. The Bertz CT molecular complexity index is 984. The monoisotopic (exact) mass is 416 g/mol. The Kier molecular flexibility index (Phi) is 6.33. The summed E-state index contributed by atoms with van der Waals surface area (Å²) in [6.07, 6.45) is 0. The SMILES string of the molecule is CCN(CC)S(=O)(=O)c1ccc(S(=O)(=O)Nc2ccc(C)cc2Cl)cc1. The first-order chi connectivity index (χ1) is 12.1. The summed E-state index contributed by atoms with van der Waals surface area (Å²) >= 11 is 6.06. The molecule has 2 aromatic rings. The lowest BCUT2D eigenvalue weighted by atomic mass is 10.2. The first-order valence-electron chi connectivity index (χ1n) is 8.01. The summed E-state index contributed by atoms with van der Waals surface area (Å²) in [5.41, 5.74) is 1.17. The van der Waals surface area contributed by atoms with Crippen molar-refractivity contribution in [3.05, 3.63) is 53.1 Å². The molecule has 0 saturated carbocycles. The maximum atomic E-state index is 12.5. The van der Waals surface area contributed by atoms with Crippen LogP contribution in [0.15, 0.2) is 52.3 Å². The van der Waals surface area contributed by atoms with Crippen molar-refractivity contribution in [3.8, 4) is 0 Å². The zero-order valence-electron chi connectivity index (χ0n) is 14.7. The number of hydrogen-bond donors (Lipinski definition) is 1. The van der Waals surface area contributed by atoms with Gasteiger partial charge >= 0.3 is 0 Å². The molecule has 0 aliphatic heterocycles. The lowest BCUT2D eigenvalue weighted by Gasteiger charge is -2.18. The summed E-state index contributed by atoms with van der Waals surface area (Å²) in [6, 6.07) is 10.1. The molecule has 9 heteroatoms. The quantitative estimate of drug-likeness (QED) is 0.748. The van der Waals surface area contributed by atoms with Gasteiger partial charge in [0.1, 0.15) is 0 Å². The number of nitrogens with zero attached hydrogens (tertiary/aromatic N) is 1. The molecule has 2 aromatic carbocycles. The zero-order valence-corrected chi connectivity index (χ0v) is 17.1. The van der Waals surface area contributed by atoms with Gasteiger partial charge in [-0.15, -0.1) is 0 Å². The van der Waals surface area contributed by atoms with Crippen LogP contribution in [0.2, 0.25) is 5.02 Å². The first kappa shape index (κ1) is 20.7. The van der Waals surface area contributed by atoms with Crippen molar-refractivity contribution in [1.29, 1.82) is 0 Å². The molecule has 0 fully saturated rings. The molecule has 0 spiro atoms. The molecule has 0 amide bonds. The molecule has 1 N–H and O–H groups in total. The number of anilines is 1. The number of aryl methyl sites for hydroxylation is 1. The van der Waals surface area contributed by atoms with Gasteiger partial charge in [0.2, 0.25) is 10.0 Å². The Morgan fingerprint density at radius 1 is 0.923 bits per heavy atom. The predicted molar refractivity (Wildman–Crippen MR) is 104 cm³/mol. The fraction of sp³-hybridized carbons (Fsp3) is 0.294. The molecule has 0 aliphatic carbocycles. The number of halogens is 1. The third-order valence-corrected chi connectivity index (χ3v) is 7.60. The number of benzene rings is 2. The standard InChI is InChI=1S/C17H21ClN2O4S2/c1-4-20(5-2)26(23,24)15-9-7-14(8-10-15)25(21,22)19-17-11-6-13(3)12-16(17)18/h6-12,19H,4-5H2,1-3H3. The van der Waals surface area contributed by atoms with Crippen LogP contribution in [0.3, 0.4) is 0 Å². The zero-order chi connectivity index (χ0) is 19.5. The van der Waals surface area contributed by atoms with Gasteiger partial charge in [-0.3, -0.25) is 4.72 Å². The van der Waals surface area contributed by atoms with Crippen molar-refractivity contribution < 1.29 is 16.8 Å². The van der Waals surface area contributed by atoms with Crippen molar-refractivity contribution in [2.75, 3.05) is 17.8 Å². The van der Waals surface area contributed by atoms with Crippen molar-refractivity contribution in [2.24, 2.45) is 0 Å². The van der Waals surface area contributed by atoms with E-state index in [1.807, 2.05) is 6.92 Å². The summed E-state index contributed by atoms with van der Waals surface area (Å²) in [5.74, 6) is 0. The van der Waals surface area contributed by atoms with E-state index in [2.05, 4.69) is 4.72 Å². The fourth-order valence-electron chi connectivity index (χ4n) is 2.41. The molecule has 0 aliphatic rings. The average molecular weight is 417 g/mol. The van der Waals surface area contributed by atoms with E-state index in [0.717, 1.165) is 5.56 Å². The van der Waals surface area contributed by atoms with Gasteiger partial charge in [0, 0.05) is 13.1 Å². The van der Waals surface area contributed by atoms with E-state index in [0.29, 0.717) is 13.1 Å². The van der Waals surface area contributed by atoms with Crippen LogP contribution in [0.25, 0.3) is 0 Å². The van der Waals surface area contributed by atoms with Crippen LogP contribution in [-0.4, -0.2) is 34.2 Å². The van der Waals surface area contributed by atoms with Crippen molar-refractivity contribution in [3.63, 3.8) is 0 Å². The largest absolute Gasteiger partial charge is 0.278 e. The van der Waals surface area contributed by atoms with Crippen molar-refractivity contribution >= 4 is 37.3 Å². The number of hydrogen-bond acceptors (Lipinski definition) is 4. The van der Waals surface area contributed by atoms with Gasteiger partial charge in [0.05, 0.1) is 20.5 Å². The average Bonchev–Trinajstić information content (AvgIpc) is 2.58. The van der Waals surface area contributed by atoms with Crippen LogP contribution < -0.4 is 4.72 Å². The van der Waals surface area contributed by atoms with Crippen LogP contribution in [0.4, 0.5) is 5.69 Å². The lowest BCUT2D eigenvalue weighted by Crippen LogP contribution is -2.30. The van der Waals surface area contributed by atoms with E-state index in [1.165, 1.54) is 28.6 Å². The Labute approximate surface area is 159 Å². The fourth-order valence-corrected chi connectivity index (χ4v) is 5.29. The Morgan fingerprint density at radius 2 is 1.46 bits per heavy atom. The minimum absolute atomic E-state index is 0.0485. The Balaban J connectivity index is 2.32. The second kappa shape index (κ2) is 7.96. The predicted octanol–water partition coefficient (Wildman–Crippen LogP) is 3.48. The summed E-state index contributed by atoms with van der Waals surface area (Å²) < 4.78 is 53.7. The highest BCUT2D eigenvalue weighted by Crippen LogP contribution is 2.26. The Hall–Kier alpha value is -1.61. The van der Waals surface area contributed by atoms with E-state index < -0.39 is 20.0 Å². The van der Waals surface area contributed by atoms with Gasteiger partial charge in [-0.1, -0.05) is 31.5 Å². The number of sulfonamides is 2. The van der Waals surface area contributed by atoms with Crippen LogP contribution in [-0.2, 0) is 20.0 Å². The third-order valence-electron chi connectivity index (χ3n) is 3.85. The van der Waals surface area contributed by atoms with E-state index in [-0.39, 0.29) is 20.5 Å². The molecule has 26 heavy (non-hydrogen) atoms. The molecular weight excluding hydrogens is 396 g/mol. The Morgan fingerprint density at radius 3 is 1.96 bits per heavy atom. The summed E-state index contributed by atoms with van der Waals surface area (Å²) in [6.45, 7) is 6.02. The second-order valence-electron chi connectivity index (χ2n) is 5.65. The van der Waals surface area contributed by atoms with Gasteiger partial charge in [-0.05, 0) is 48.9 Å². The normalized spacial score (nSPS) is 12.3. The van der Waals surface area contributed by atoms with Crippen LogP contribution in [0.5, 0.6) is 0 Å². The van der Waals surface area contributed by atoms with Crippen LogP contribution in [0.1, 0.15) is 19.4 Å². The minimum Gasteiger partial charge on any atom is -0.278 e. The molecule has 0 bridgehead atoms. The molecule has 0 atom stereocenters. The number of nitrogens with one attached hydrogen (secondary N) is 1. The van der Waals surface area contributed by atoms with Gasteiger partial charge in [0.25, 0.3) is 10.0 Å². The smallest absolute Gasteiger partial charge is 0.261 e. The molecule has 0 saturated heterocycles. The third kappa shape index (κ3) is 4.37. The minimum atomic E-state index is -3.89. The summed E-state index contributed by atoms with van der Waals surface area (Å²) in [4.78, 5) is 0.00107. The van der Waals surface area contributed by atoms with Gasteiger partial charge in [0.15, 0.2) is 0 Å². The maximum Gasteiger partial charge on any atom is 0.261 e. The molecule has 2 rings (SSSR count). The number of rotatable bonds is 7. The van der Waals surface area contributed by atoms with E-state index in [4.69, 9.17) is 11.6 Å². The maximum absolute atomic E-state index is 12.5. The van der Waals surface area contributed by atoms with E-state index >= 15 is 0 Å². The highest BCUT2D eigenvalue weighted by molar-refractivity contribution is 7.92. The van der Waals surface area contributed by atoms with Crippen LogP contribution in [0, 0.1) is 6.92 Å². The molecule has 6 nitrogen and oxygen atoms in total. The van der Waals surface area contributed by atoms with Gasteiger partial charge in [-0.2, -0.15) is 4.31 Å². The molecule has 0 heterocycles. The molecule has 142 valence electrons. The summed E-state index contributed by atoms with van der Waals surface area (Å²) in [5, 5.41) is 0.286. The van der Waals surface area contributed by atoms with Crippen LogP contribution >= 0.6 is 11.6 Å². The topological polar surface area (TPSA) is 83.6 Å². The highest BCUT2D eigenvalue weighted by atomic mass is 35.5. The molecular formula is C17H21ClN2O4S2. The van der Waals surface area contributed by atoms with Crippen molar-refractivity contribution in [1.82, 2.24) is 4.31 Å². The van der Waals surface area contributed by atoms with E-state index in [1.54, 1.807) is 32.0 Å². The van der Waals surface area contributed by atoms with Gasteiger partial charge < -0.3 is 0 Å². The van der Waals surface area contributed by atoms with E-state index in [9.17, 15) is 16.8 Å². The molecule has 0 radical (unpaired) electrons. The second-order valence-corrected chi connectivity index (χ2v) is 9.68. The summed E-state index contributed by atoms with van der Waals surface area (Å²) in [7, 11) is -7.52. The first-order valence-corrected chi connectivity index (χ1v) is 11.3. The van der Waals surface area contributed by atoms with Gasteiger partial charge in [-0.25, -0.2) is 16.8 Å². The van der Waals surface area contributed by atoms with Crippen molar-refractivity contribution in [2.45, 2.75) is 30.6 Å². The highest BCUT2D eigenvalue weighted by Gasteiger charge is 2.23.